The number of aliphatic hydroxyl groups excluding tert-OH is 1. The first kappa shape index (κ1) is 11.0. The highest BCUT2D eigenvalue weighted by Gasteiger charge is 2.35. The molecule has 0 saturated carbocycles. The summed E-state index contributed by atoms with van der Waals surface area (Å²) in [6, 6.07) is -0.609. The molecule has 0 unspecified atom stereocenters. The number of hydrogen-bond acceptors (Lipinski definition) is 6. The van der Waals surface area contributed by atoms with E-state index >= 15 is 0 Å². The van der Waals surface area contributed by atoms with Gasteiger partial charge < -0.3 is 10.2 Å². The molecule has 1 aliphatic heterocycles. The molecule has 88 valence electrons. The molecule has 1 aliphatic rings. The van der Waals surface area contributed by atoms with E-state index in [1.807, 2.05) is 0 Å². The van der Waals surface area contributed by atoms with Crippen molar-refractivity contribution in [2.75, 3.05) is 13.1 Å². The standard InChI is InChI=1S/C8H13N5O3/c14-5-3-6(8(15)16)13(4-5)2-1-7-9-11-12-10-7/h5-6,14H,1-4H2,(H,15,16)(H,9,10,11,12)/t5-,6+/m1/s1. The Morgan fingerprint density at radius 1 is 1.62 bits per heavy atom. The third-order valence-corrected chi connectivity index (χ3v) is 2.68. The molecule has 3 N–H and O–H groups in total. The summed E-state index contributed by atoms with van der Waals surface area (Å²) >= 11 is 0. The zero-order valence-electron chi connectivity index (χ0n) is 8.57. The molecule has 2 atom stereocenters. The normalized spacial score (nSPS) is 26.1. The Balaban J connectivity index is 1.90. The summed E-state index contributed by atoms with van der Waals surface area (Å²) in [5, 5.41) is 31.7. The lowest BCUT2D eigenvalue weighted by molar-refractivity contribution is -0.142. The van der Waals surface area contributed by atoms with Gasteiger partial charge in [0.25, 0.3) is 0 Å². The summed E-state index contributed by atoms with van der Waals surface area (Å²) < 4.78 is 0. The average Bonchev–Trinajstić information content (AvgIpc) is 2.83. The first-order valence-electron chi connectivity index (χ1n) is 5.04. The van der Waals surface area contributed by atoms with Crippen molar-refractivity contribution < 1.29 is 15.0 Å². The van der Waals surface area contributed by atoms with Crippen molar-refractivity contribution in [2.24, 2.45) is 0 Å². The van der Waals surface area contributed by atoms with Crippen molar-refractivity contribution in [1.29, 1.82) is 0 Å². The maximum Gasteiger partial charge on any atom is 0.321 e. The van der Waals surface area contributed by atoms with E-state index in [2.05, 4.69) is 20.6 Å². The second kappa shape index (κ2) is 4.54. The Morgan fingerprint density at radius 2 is 2.44 bits per heavy atom. The van der Waals surface area contributed by atoms with Crippen molar-refractivity contribution >= 4 is 5.97 Å². The van der Waals surface area contributed by atoms with Gasteiger partial charge in [0, 0.05) is 25.9 Å². The molecule has 2 heterocycles. The zero-order chi connectivity index (χ0) is 11.5. The first-order valence-corrected chi connectivity index (χ1v) is 5.04. The Labute approximate surface area is 91.3 Å². The summed E-state index contributed by atoms with van der Waals surface area (Å²) in [5.41, 5.74) is 0. The van der Waals surface area contributed by atoms with E-state index in [0.717, 1.165) is 0 Å². The number of nitrogens with zero attached hydrogens (tertiary/aromatic N) is 4. The van der Waals surface area contributed by atoms with Gasteiger partial charge in [0.15, 0.2) is 5.82 Å². The van der Waals surface area contributed by atoms with Crippen LogP contribution in [0.3, 0.4) is 0 Å². The molecule has 1 saturated heterocycles. The largest absolute Gasteiger partial charge is 0.480 e. The monoisotopic (exact) mass is 227 g/mol. The van der Waals surface area contributed by atoms with Crippen molar-refractivity contribution in [3.05, 3.63) is 5.82 Å². The van der Waals surface area contributed by atoms with E-state index in [9.17, 15) is 9.90 Å². The highest BCUT2D eigenvalue weighted by molar-refractivity contribution is 5.74. The predicted octanol–water partition coefficient (Wildman–Crippen LogP) is -1.74. The molecule has 16 heavy (non-hydrogen) atoms. The van der Waals surface area contributed by atoms with E-state index in [-0.39, 0.29) is 6.42 Å². The van der Waals surface area contributed by atoms with Gasteiger partial charge in [0.2, 0.25) is 0 Å². The second-order valence-corrected chi connectivity index (χ2v) is 3.82. The molecule has 0 bridgehead atoms. The smallest absolute Gasteiger partial charge is 0.321 e. The number of carbonyl (C=O) groups is 1. The zero-order valence-corrected chi connectivity index (χ0v) is 8.57. The van der Waals surface area contributed by atoms with E-state index < -0.39 is 18.1 Å². The number of nitrogens with one attached hydrogen (secondary N) is 1. The molecular formula is C8H13N5O3. The number of carboxylic acid groups (broad SMARTS) is 1. The summed E-state index contributed by atoms with van der Waals surface area (Å²) in [7, 11) is 0. The molecule has 0 amide bonds. The molecule has 1 aromatic rings. The fourth-order valence-corrected chi connectivity index (χ4v) is 1.92. The Hall–Kier alpha value is -1.54. The molecule has 1 aromatic heterocycles. The van der Waals surface area contributed by atoms with Crippen molar-refractivity contribution in [3.63, 3.8) is 0 Å². The van der Waals surface area contributed by atoms with E-state index in [4.69, 9.17) is 5.11 Å². The number of aliphatic hydroxyl groups is 1. The number of likely N-dealkylation sites (tertiary alicyclic amines) is 1. The van der Waals surface area contributed by atoms with Crippen LogP contribution in [0.25, 0.3) is 0 Å². The van der Waals surface area contributed by atoms with Gasteiger partial charge in [-0.2, -0.15) is 5.21 Å². The molecule has 0 aromatic carbocycles. The summed E-state index contributed by atoms with van der Waals surface area (Å²) in [6.07, 6.45) is 0.237. The maximum atomic E-state index is 10.9. The lowest BCUT2D eigenvalue weighted by Crippen LogP contribution is -2.37. The third kappa shape index (κ3) is 2.34. The molecule has 0 radical (unpaired) electrons. The molecule has 2 rings (SSSR count). The number of β-amino-alcohol motifs (C(OH)–C–C–N with tert-alkyl or cyclic N) is 1. The minimum atomic E-state index is -0.898. The Morgan fingerprint density at radius 3 is 3.06 bits per heavy atom. The highest BCUT2D eigenvalue weighted by Crippen LogP contribution is 2.17. The molecule has 0 spiro atoms. The SMILES string of the molecule is O=C(O)[C@@H]1C[C@@H](O)CN1CCc1nn[nH]n1. The van der Waals surface area contributed by atoms with Crippen LogP contribution in [0.5, 0.6) is 0 Å². The number of rotatable bonds is 4. The number of tetrazole rings is 1. The van der Waals surface area contributed by atoms with Gasteiger partial charge in [-0.25, -0.2) is 0 Å². The lowest BCUT2D eigenvalue weighted by atomic mass is 10.2. The molecule has 8 heteroatoms. The number of aromatic amines is 1. The fraction of sp³-hybridized carbons (Fsp3) is 0.750. The van der Waals surface area contributed by atoms with Crippen molar-refractivity contribution in [2.45, 2.75) is 25.0 Å². The Bertz CT molecular complexity index is 355. The maximum absolute atomic E-state index is 10.9. The van der Waals surface area contributed by atoms with Gasteiger partial charge in [0.05, 0.1) is 6.10 Å². The second-order valence-electron chi connectivity index (χ2n) is 3.82. The number of aliphatic carboxylic acids is 1. The van der Waals surface area contributed by atoms with Gasteiger partial charge in [-0.3, -0.25) is 9.69 Å². The van der Waals surface area contributed by atoms with Crippen LogP contribution in [0.15, 0.2) is 0 Å². The van der Waals surface area contributed by atoms with Crippen LogP contribution >= 0.6 is 0 Å². The molecule has 8 nitrogen and oxygen atoms in total. The van der Waals surface area contributed by atoms with Crippen LogP contribution in [0.2, 0.25) is 0 Å². The molecule has 0 aliphatic carbocycles. The number of hydrogen-bond donors (Lipinski definition) is 3. The summed E-state index contributed by atoms with van der Waals surface area (Å²) in [4.78, 5) is 12.6. The predicted molar refractivity (Wildman–Crippen MR) is 51.5 cm³/mol. The van der Waals surface area contributed by atoms with Gasteiger partial charge in [0.1, 0.15) is 6.04 Å². The van der Waals surface area contributed by atoms with Crippen LogP contribution in [0.1, 0.15) is 12.2 Å². The van der Waals surface area contributed by atoms with Gasteiger partial charge in [-0.1, -0.05) is 5.21 Å². The topological polar surface area (TPSA) is 115 Å². The van der Waals surface area contributed by atoms with Crippen molar-refractivity contribution in [1.82, 2.24) is 25.5 Å². The molecular weight excluding hydrogens is 214 g/mol. The quantitative estimate of drug-likeness (QED) is 0.559. The lowest BCUT2D eigenvalue weighted by Gasteiger charge is -2.19. The van der Waals surface area contributed by atoms with Crippen molar-refractivity contribution in [3.8, 4) is 0 Å². The number of aromatic nitrogens is 4. The van der Waals surface area contributed by atoms with Crippen LogP contribution in [-0.4, -0.2) is 66.9 Å². The fourth-order valence-electron chi connectivity index (χ4n) is 1.92. The van der Waals surface area contributed by atoms with Crippen LogP contribution in [0, 0.1) is 0 Å². The van der Waals surface area contributed by atoms with Crippen LogP contribution in [-0.2, 0) is 11.2 Å². The van der Waals surface area contributed by atoms with Crippen LogP contribution in [0.4, 0.5) is 0 Å². The van der Waals surface area contributed by atoms with E-state index in [1.165, 1.54) is 0 Å². The minimum absolute atomic E-state index is 0.279. The first-order chi connectivity index (χ1) is 7.66. The van der Waals surface area contributed by atoms with Gasteiger partial charge in [-0.05, 0) is 0 Å². The average molecular weight is 227 g/mol. The van der Waals surface area contributed by atoms with Gasteiger partial charge in [-0.15, -0.1) is 10.2 Å². The number of H-pyrrole nitrogens is 1. The Kier molecular flexibility index (Phi) is 3.11. The highest BCUT2D eigenvalue weighted by atomic mass is 16.4. The van der Waals surface area contributed by atoms with E-state index in [0.29, 0.717) is 25.3 Å². The minimum Gasteiger partial charge on any atom is -0.480 e. The summed E-state index contributed by atoms with van der Waals surface area (Å²) in [6.45, 7) is 0.891. The third-order valence-electron chi connectivity index (χ3n) is 2.68. The summed E-state index contributed by atoms with van der Waals surface area (Å²) in [5.74, 6) is -0.352. The number of carboxylic acids is 1. The van der Waals surface area contributed by atoms with E-state index in [1.54, 1.807) is 4.90 Å². The van der Waals surface area contributed by atoms with Crippen LogP contribution < -0.4 is 0 Å². The molecule has 1 fully saturated rings. The van der Waals surface area contributed by atoms with Gasteiger partial charge >= 0.3 is 5.97 Å².